The topological polar surface area (TPSA) is 67.0 Å². The summed E-state index contributed by atoms with van der Waals surface area (Å²) in [5, 5.41) is 3.92. The predicted octanol–water partition coefficient (Wildman–Crippen LogP) is 2.95. The van der Waals surface area contributed by atoms with Crippen LogP contribution in [0.5, 0.6) is 5.75 Å². The number of rotatable bonds is 1. The molecule has 0 spiro atoms. The molecule has 2 aromatic heterocycles. The fourth-order valence-electron chi connectivity index (χ4n) is 2.59. The van der Waals surface area contributed by atoms with E-state index < -0.39 is 6.10 Å². The van der Waals surface area contributed by atoms with E-state index in [1.165, 1.54) is 0 Å². The Morgan fingerprint density at radius 2 is 2.14 bits per heavy atom. The van der Waals surface area contributed by atoms with Crippen LogP contribution >= 0.6 is 0 Å². The molecule has 0 fully saturated rings. The molecule has 3 heterocycles. The quantitative estimate of drug-likeness (QED) is 0.719. The molecule has 1 aliphatic heterocycles. The first-order valence-electron chi connectivity index (χ1n) is 6.76. The number of amides is 1. The van der Waals surface area contributed by atoms with E-state index in [2.05, 4.69) is 15.3 Å². The van der Waals surface area contributed by atoms with Crippen molar-refractivity contribution < 1.29 is 9.53 Å². The largest absolute Gasteiger partial charge is 0.479 e. The van der Waals surface area contributed by atoms with Gasteiger partial charge in [0.05, 0.1) is 5.69 Å². The lowest BCUT2D eigenvalue weighted by Crippen LogP contribution is -2.34. The highest BCUT2D eigenvalue weighted by atomic mass is 16.5. The van der Waals surface area contributed by atoms with Gasteiger partial charge in [0.2, 0.25) is 0 Å². The number of fused-ring (bicyclic) bond motifs is 2. The van der Waals surface area contributed by atoms with Crippen LogP contribution in [0.1, 0.15) is 6.92 Å². The Morgan fingerprint density at radius 3 is 3.05 bits per heavy atom. The van der Waals surface area contributed by atoms with E-state index in [0.29, 0.717) is 11.4 Å². The van der Waals surface area contributed by atoms with Crippen molar-refractivity contribution in [3.63, 3.8) is 0 Å². The van der Waals surface area contributed by atoms with E-state index in [1.807, 2.05) is 36.5 Å². The highest BCUT2D eigenvalue weighted by Crippen LogP contribution is 2.35. The van der Waals surface area contributed by atoms with Crippen LogP contribution in [0.15, 0.2) is 42.7 Å². The van der Waals surface area contributed by atoms with Crippen molar-refractivity contribution in [1.82, 2.24) is 9.97 Å². The van der Waals surface area contributed by atoms with Gasteiger partial charge in [-0.15, -0.1) is 0 Å². The normalized spacial score (nSPS) is 17.2. The first kappa shape index (κ1) is 12.0. The molecule has 0 saturated carbocycles. The lowest BCUT2D eigenvalue weighted by Gasteiger charge is -2.23. The molecule has 1 aromatic carbocycles. The van der Waals surface area contributed by atoms with E-state index in [1.54, 1.807) is 13.1 Å². The summed E-state index contributed by atoms with van der Waals surface area (Å²) < 4.78 is 5.58. The maximum absolute atomic E-state index is 11.7. The Kier molecular flexibility index (Phi) is 2.47. The Balaban J connectivity index is 1.85. The van der Waals surface area contributed by atoms with Crippen LogP contribution in [0.25, 0.3) is 22.2 Å². The standard InChI is InChI=1S/C16H13N3O2/c1-9-16(20)19-13-8-10(2-3-14(13)21-9)11-4-6-17-15-12(11)5-7-18-15/h2-9H,1H3,(H,17,18)(H,19,20). The van der Waals surface area contributed by atoms with E-state index in [4.69, 9.17) is 4.74 Å². The highest BCUT2D eigenvalue weighted by molar-refractivity contribution is 5.99. The van der Waals surface area contributed by atoms with Crippen LogP contribution in [0.4, 0.5) is 5.69 Å². The van der Waals surface area contributed by atoms with E-state index in [-0.39, 0.29) is 5.91 Å². The molecule has 1 unspecified atom stereocenters. The molecule has 1 aliphatic rings. The number of carbonyl (C=O) groups excluding carboxylic acids is 1. The van der Waals surface area contributed by atoms with Gasteiger partial charge in [0.15, 0.2) is 6.10 Å². The third-order valence-electron chi connectivity index (χ3n) is 3.68. The van der Waals surface area contributed by atoms with Crippen LogP contribution in [-0.4, -0.2) is 22.0 Å². The summed E-state index contributed by atoms with van der Waals surface area (Å²) in [6.07, 6.45) is 3.18. The number of H-pyrrole nitrogens is 1. The number of pyridine rings is 1. The van der Waals surface area contributed by atoms with Crippen molar-refractivity contribution in [2.75, 3.05) is 5.32 Å². The first-order valence-corrected chi connectivity index (χ1v) is 6.76. The third-order valence-corrected chi connectivity index (χ3v) is 3.68. The Morgan fingerprint density at radius 1 is 1.24 bits per heavy atom. The number of benzene rings is 1. The number of hydrogen-bond donors (Lipinski definition) is 2. The zero-order valence-corrected chi connectivity index (χ0v) is 11.4. The SMILES string of the molecule is CC1Oc2ccc(-c3ccnc4[nH]ccc34)cc2NC1=O. The average Bonchev–Trinajstić information content (AvgIpc) is 2.96. The summed E-state index contributed by atoms with van der Waals surface area (Å²) in [5.74, 6) is 0.575. The Hall–Kier alpha value is -2.82. The predicted molar refractivity (Wildman–Crippen MR) is 80.2 cm³/mol. The molecule has 1 atom stereocenters. The van der Waals surface area contributed by atoms with Crippen LogP contribution in [0.2, 0.25) is 0 Å². The van der Waals surface area contributed by atoms with Crippen molar-refractivity contribution in [3.8, 4) is 16.9 Å². The Labute approximate surface area is 121 Å². The van der Waals surface area contributed by atoms with Gasteiger partial charge in [0.1, 0.15) is 11.4 Å². The minimum absolute atomic E-state index is 0.124. The summed E-state index contributed by atoms with van der Waals surface area (Å²) in [6.45, 7) is 1.73. The Bertz CT molecular complexity index is 854. The van der Waals surface area contributed by atoms with Gasteiger partial charge in [-0.2, -0.15) is 0 Å². The monoisotopic (exact) mass is 279 g/mol. The molecule has 21 heavy (non-hydrogen) atoms. The van der Waals surface area contributed by atoms with Crippen LogP contribution < -0.4 is 10.1 Å². The zero-order chi connectivity index (χ0) is 14.4. The van der Waals surface area contributed by atoms with E-state index >= 15 is 0 Å². The van der Waals surface area contributed by atoms with Gasteiger partial charge in [-0.05, 0) is 42.3 Å². The van der Waals surface area contributed by atoms with Crippen molar-refractivity contribution in [2.24, 2.45) is 0 Å². The summed E-state index contributed by atoms with van der Waals surface area (Å²) >= 11 is 0. The second-order valence-corrected chi connectivity index (χ2v) is 5.06. The van der Waals surface area contributed by atoms with Gasteiger partial charge < -0.3 is 15.0 Å². The zero-order valence-electron chi connectivity index (χ0n) is 11.4. The fraction of sp³-hybridized carbons (Fsp3) is 0.125. The molecule has 5 heteroatoms. The number of nitrogens with zero attached hydrogens (tertiary/aromatic N) is 1. The van der Waals surface area contributed by atoms with Crippen LogP contribution in [-0.2, 0) is 4.79 Å². The second kappa shape index (κ2) is 4.34. The van der Waals surface area contributed by atoms with E-state index in [0.717, 1.165) is 22.2 Å². The third kappa shape index (κ3) is 1.86. The van der Waals surface area contributed by atoms with Gasteiger partial charge in [-0.1, -0.05) is 6.07 Å². The summed E-state index contributed by atoms with van der Waals surface area (Å²) in [7, 11) is 0. The maximum Gasteiger partial charge on any atom is 0.265 e. The van der Waals surface area contributed by atoms with Gasteiger partial charge in [-0.3, -0.25) is 4.79 Å². The number of ether oxygens (including phenoxy) is 1. The molecule has 2 N–H and O–H groups in total. The van der Waals surface area contributed by atoms with Crippen molar-refractivity contribution in [3.05, 3.63) is 42.7 Å². The number of aromatic nitrogens is 2. The summed E-state index contributed by atoms with van der Waals surface area (Å²) in [5.41, 5.74) is 3.63. The number of carbonyl (C=O) groups is 1. The van der Waals surface area contributed by atoms with Gasteiger partial charge in [0.25, 0.3) is 5.91 Å². The number of aromatic amines is 1. The van der Waals surface area contributed by atoms with Crippen LogP contribution in [0.3, 0.4) is 0 Å². The number of hydrogen-bond acceptors (Lipinski definition) is 3. The molecule has 5 nitrogen and oxygen atoms in total. The molecule has 0 radical (unpaired) electrons. The molecular formula is C16H13N3O2. The average molecular weight is 279 g/mol. The highest BCUT2D eigenvalue weighted by Gasteiger charge is 2.23. The number of nitrogens with one attached hydrogen (secondary N) is 2. The van der Waals surface area contributed by atoms with Gasteiger partial charge in [0, 0.05) is 17.8 Å². The molecule has 0 aliphatic carbocycles. The molecule has 3 aromatic rings. The smallest absolute Gasteiger partial charge is 0.265 e. The van der Waals surface area contributed by atoms with Crippen LogP contribution in [0, 0.1) is 0 Å². The molecule has 4 rings (SSSR count). The van der Waals surface area contributed by atoms with Gasteiger partial charge >= 0.3 is 0 Å². The lowest BCUT2D eigenvalue weighted by atomic mass is 10.0. The lowest BCUT2D eigenvalue weighted by molar-refractivity contribution is -0.122. The fourth-order valence-corrected chi connectivity index (χ4v) is 2.59. The molecule has 0 saturated heterocycles. The maximum atomic E-state index is 11.7. The van der Waals surface area contributed by atoms with Crippen molar-refractivity contribution >= 4 is 22.6 Å². The van der Waals surface area contributed by atoms with Crippen molar-refractivity contribution in [2.45, 2.75) is 13.0 Å². The second-order valence-electron chi connectivity index (χ2n) is 5.06. The van der Waals surface area contributed by atoms with Crippen molar-refractivity contribution in [1.29, 1.82) is 0 Å². The number of anilines is 1. The molecule has 1 amide bonds. The first-order chi connectivity index (χ1) is 10.2. The summed E-state index contributed by atoms with van der Waals surface area (Å²) in [6, 6.07) is 9.77. The minimum atomic E-state index is -0.458. The molecule has 0 bridgehead atoms. The molecule has 104 valence electrons. The molecular weight excluding hydrogens is 266 g/mol. The summed E-state index contributed by atoms with van der Waals surface area (Å²) in [4.78, 5) is 19.1. The minimum Gasteiger partial charge on any atom is -0.479 e. The van der Waals surface area contributed by atoms with Gasteiger partial charge in [-0.25, -0.2) is 4.98 Å². The van der Waals surface area contributed by atoms with E-state index in [9.17, 15) is 4.79 Å².